The van der Waals surface area contributed by atoms with Crippen LogP contribution in [0.3, 0.4) is 0 Å². The van der Waals surface area contributed by atoms with Crippen LogP contribution in [0.4, 0.5) is 5.69 Å². The van der Waals surface area contributed by atoms with Crippen LogP contribution in [0, 0.1) is 0 Å². The van der Waals surface area contributed by atoms with E-state index in [1.165, 1.54) is 5.69 Å². The molecule has 0 unspecified atom stereocenters. The molecule has 8 heteroatoms. The number of H-pyrrole nitrogens is 1. The van der Waals surface area contributed by atoms with Crippen molar-refractivity contribution in [1.29, 1.82) is 0 Å². The molecule has 1 aromatic carbocycles. The maximum absolute atomic E-state index is 9.90. The van der Waals surface area contributed by atoms with Crippen LogP contribution in [-0.4, -0.2) is 79.0 Å². The fourth-order valence-corrected chi connectivity index (χ4v) is 4.58. The second-order valence-electron chi connectivity index (χ2n) is 8.23. The summed E-state index contributed by atoms with van der Waals surface area (Å²) in [5.41, 5.74) is 4.95. The fourth-order valence-electron chi connectivity index (χ4n) is 4.58. The number of anilines is 1. The summed E-state index contributed by atoms with van der Waals surface area (Å²) in [6.07, 6.45) is -1.38. The molecule has 0 saturated carbocycles. The number of benzene rings is 1. The van der Waals surface area contributed by atoms with Gasteiger partial charge in [-0.1, -0.05) is 12.1 Å². The molecule has 3 aliphatic rings. The topological polar surface area (TPSA) is 89.1 Å². The summed E-state index contributed by atoms with van der Waals surface area (Å²) in [4.78, 5) is 10.4. The first-order valence-electron chi connectivity index (χ1n) is 10.8. The van der Waals surface area contributed by atoms with Gasteiger partial charge in [-0.3, -0.25) is 0 Å². The molecule has 0 bridgehead atoms. The van der Waals surface area contributed by atoms with Crippen LogP contribution >= 0.6 is 0 Å². The Morgan fingerprint density at radius 2 is 1.81 bits per heavy atom. The Morgan fingerprint density at radius 3 is 2.65 bits per heavy atom. The van der Waals surface area contributed by atoms with Gasteiger partial charge in [0.2, 0.25) is 0 Å². The van der Waals surface area contributed by atoms with Gasteiger partial charge in [0.1, 0.15) is 18.3 Å². The third-order valence-electron chi connectivity index (χ3n) is 6.25. The van der Waals surface area contributed by atoms with E-state index >= 15 is 0 Å². The highest BCUT2D eigenvalue weighted by atomic mass is 16.6. The summed E-state index contributed by atoms with van der Waals surface area (Å²) >= 11 is 0. The van der Waals surface area contributed by atoms with E-state index in [9.17, 15) is 5.11 Å². The number of hydrogen-bond donors (Lipinski definition) is 2. The number of aliphatic hydroxyl groups is 1. The van der Waals surface area contributed by atoms with Gasteiger partial charge < -0.3 is 33.9 Å². The van der Waals surface area contributed by atoms with Crippen molar-refractivity contribution in [3.63, 3.8) is 0 Å². The van der Waals surface area contributed by atoms with Gasteiger partial charge in [-0.05, 0) is 24.3 Å². The molecule has 0 aliphatic carbocycles. The molecule has 6 rings (SSSR count). The van der Waals surface area contributed by atoms with E-state index in [0.717, 1.165) is 48.6 Å². The Morgan fingerprint density at radius 1 is 1.00 bits per heavy atom. The monoisotopic (exact) mass is 423 g/mol. The summed E-state index contributed by atoms with van der Waals surface area (Å²) in [7, 11) is 0. The minimum absolute atomic E-state index is 0.241. The van der Waals surface area contributed by atoms with Crippen LogP contribution in [0.2, 0.25) is 0 Å². The highest BCUT2D eigenvalue weighted by molar-refractivity contribution is 5.80. The molecule has 3 saturated heterocycles. The number of aromatic nitrogens is 2. The van der Waals surface area contributed by atoms with Gasteiger partial charge in [-0.2, -0.15) is 0 Å². The number of rotatable bonds is 4. The first kappa shape index (κ1) is 19.1. The summed E-state index contributed by atoms with van der Waals surface area (Å²) in [5.74, 6) is 0.626. The molecular weight excluding hydrogens is 398 g/mol. The average Bonchev–Trinajstić information content (AvgIpc) is 3.51. The molecule has 0 amide bonds. The van der Waals surface area contributed by atoms with Crippen molar-refractivity contribution in [3.8, 4) is 17.1 Å². The molecule has 162 valence electrons. The van der Waals surface area contributed by atoms with Gasteiger partial charge >= 0.3 is 0 Å². The number of fused-ring (bicyclic) bond motifs is 2. The Labute approximate surface area is 179 Å². The lowest BCUT2D eigenvalue weighted by Crippen LogP contribution is -2.36. The summed E-state index contributed by atoms with van der Waals surface area (Å²) in [5, 5.41) is 9.90. The second-order valence-corrected chi connectivity index (χ2v) is 8.23. The fraction of sp³-hybridized carbons (Fsp3) is 0.435. The van der Waals surface area contributed by atoms with Crippen molar-refractivity contribution in [3.05, 3.63) is 42.5 Å². The largest absolute Gasteiger partial charge is 0.470 e. The zero-order valence-corrected chi connectivity index (χ0v) is 17.1. The van der Waals surface area contributed by atoms with Gasteiger partial charge in [0, 0.05) is 30.4 Å². The van der Waals surface area contributed by atoms with E-state index in [2.05, 4.69) is 34.1 Å². The number of hydrogen-bond acceptors (Lipinski definition) is 7. The number of aromatic amines is 1. The maximum Gasteiger partial charge on any atom is 0.193 e. The normalized spacial score (nSPS) is 28.2. The molecule has 0 spiro atoms. The first-order valence-corrected chi connectivity index (χ1v) is 10.8. The van der Waals surface area contributed by atoms with Crippen molar-refractivity contribution in [2.45, 2.75) is 24.4 Å². The average molecular weight is 423 g/mol. The predicted molar refractivity (Wildman–Crippen MR) is 114 cm³/mol. The summed E-state index contributed by atoms with van der Waals surface area (Å²) < 4.78 is 22.8. The van der Waals surface area contributed by atoms with E-state index in [0.29, 0.717) is 12.5 Å². The lowest BCUT2D eigenvalue weighted by molar-refractivity contribution is 0.00794. The lowest BCUT2D eigenvalue weighted by Gasteiger charge is -2.28. The molecule has 2 aromatic heterocycles. The standard InChI is InChI=1S/C23H25N3O5/c27-19-12-29-23-20(13-30-22(19)23)31-21-11-18-17(25-21)6-5-16(24-18)14-1-3-15(4-2-14)26-7-9-28-10-8-26/h1-6,11,19-20,22-23,25,27H,7-10,12-13H2/t19-,20-,22-,23-/m1/s1. The Kier molecular flexibility index (Phi) is 4.80. The first-order chi connectivity index (χ1) is 15.2. The van der Waals surface area contributed by atoms with E-state index in [1.54, 1.807) is 0 Å². The van der Waals surface area contributed by atoms with Crippen LogP contribution in [-0.2, 0) is 14.2 Å². The highest BCUT2D eigenvalue weighted by Crippen LogP contribution is 2.31. The molecule has 3 aromatic rings. The van der Waals surface area contributed by atoms with E-state index < -0.39 is 6.10 Å². The predicted octanol–water partition coefficient (Wildman–Crippen LogP) is 1.97. The summed E-state index contributed by atoms with van der Waals surface area (Å²) in [6.45, 7) is 4.09. The van der Waals surface area contributed by atoms with Crippen molar-refractivity contribution in [1.82, 2.24) is 9.97 Å². The number of aliphatic hydroxyl groups excluding tert-OH is 1. The van der Waals surface area contributed by atoms with Crippen molar-refractivity contribution in [2.24, 2.45) is 0 Å². The number of nitrogens with zero attached hydrogens (tertiary/aromatic N) is 2. The minimum Gasteiger partial charge on any atom is -0.470 e. The van der Waals surface area contributed by atoms with Gasteiger partial charge in [-0.15, -0.1) is 0 Å². The molecule has 31 heavy (non-hydrogen) atoms. The van der Waals surface area contributed by atoms with Crippen molar-refractivity contribution >= 4 is 16.7 Å². The number of pyridine rings is 1. The van der Waals surface area contributed by atoms with Crippen LogP contribution in [0.25, 0.3) is 22.3 Å². The third kappa shape index (κ3) is 3.55. The molecule has 3 fully saturated rings. The summed E-state index contributed by atoms with van der Waals surface area (Å²) in [6, 6.07) is 14.4. The minimum atomic E-state index is -0.583. The Bertz CT molecular complexity index is 1060. The van der Waals surface area contributed by atoms with E-state index in [4.69, 9.17) is 23.9 Å². The SMILES string of the molecule is O[C@@H]1CO[C@H]2[C@@H]1OC[C@H]2Oc1cc2nc(-c3ccc(N4CCOCC4)cc3)ccc2[nH]1. The molecule has 2 N–H and O–H groups in total. The molecule has 8 nitrogen and oxygen atoms in total. The van der Waals surface area contributed by atoms with Crippen LogP contribution in [0.1, 0.15) is 0 Å². The molecule has 3 aliphatic heterocycles. The smallest absolute Gasteiger partial charge is 0.193 e. The van der Waals surface area contributed by atoms with Gasteiger partial charge in [-0.25, -0.2) is 4.98 Å². The van der Waals surface area contributed by atoms with Crippen LogP contribution < -0.4 is 9.64 Å². The Hall–Kier alpha value is -2.65. The number of ether oxygens (including phenoxy) is 4. The van der Waals surface area contributed by atoms with Crippen LogP contribution in [0.5, 0.6) is 5.88 Å². The van der Waals surface area contributed by atoms with Crippen molar-refractivity contribution in [2.75, 3.05) is 44.4 Å². The van der Waals surface area contributed by atoms with E-state index in [1.807, 2.05) is 18.2 Å². The lowest BCUT2D eigenvalue weighted by atomic mass is 10.1. The second kappa shape index (κ2) is 7.80. The molecule has 4 atom stereocenters. The highest BCUT2D eigenvalue weighted by Gasteiger charge is 2.48. The molecule has 0 radical (unpaired) electrons. The Balaban J connectivity index is 1.19. The quantitative estimate of drug-likeness (QED) is 0.663. The van der Waals surface area contributed by atoms with E-state index in [-0.39, 0.29) is 24.9 Å². The maximum atomic E-state index is 9.90. The van der Waals surface area contributed by atoms with Gasteiger partial charge in [0.05, 0.1) is 43.2 Å². The van der Waals surface area contributed by atoms with Gasteiger partial charge in [0.25, 0.3) is 0 Å². The number of nitrogens with one attached hydrogen (secondary N) is 1. The zero-order chi connectivity index (χ0) is 20.8. The molecule has 5 heterocycles. The van der Waals surface area contributed by atoms with Crippen molar-refractivity contribution < 1.29 is 24.1 Å². The van der Waals surface area contributed by atoms with Crippen LogP contribution in [0.15, 0.2) is 42.5 Å². The third-order valence-corrected chi connectivity index (χ3v) is 6.25. The zero-order valence-electron chi connectivity index (χ0n) is 17.1. The number of morpholine rings is 1. The molecular formula is C23H25N3O5. The van der Waals surface area contributed by atoms with Gasteiger partial charge in [0.15, 0.2) is 12.0 Å².